The Morgan fingerprint density at radius 1 is 1.07 bits per heavy atom. The van der Waals surface area contributed by atoms with Gasteiger partial charge in [0.2, 0.25) is 0 Å². The highest BCUT2D eigenvalue weighted by molar-refractivity contribution is 6.01. The van der Waals surface area contributed by atoms with Gasteiger partial charge in [0.15, 0.2) is 0 Å². The molecule has 0 N–H and O–H groups in total. The van der Waals surface area contributed by atoms with E-state index in [4.69, 9.17) is 0 Å². The molecular weight excluding hydrogens is 174 g/mol. The van der Waals surface area contributed by atoms with E-state index in [1.807, 2.05) is 42.5 Å². The second-order valence-electron chi connectivity index (χ2n) is 3.24. The van der Waals surface area contributed by atoms with Gasteiger partial charge in [-0.3, -0.25) is 0 Å². The maximum Gasteiger partial charge on any atom is 0.0890 e. The van der Waals surface area contributed by atoms with Crippen molar-refractivity contribution in [3.05, 3.63) is 48.0 Å². The molecule has 0 bridgehead atoms. The number of fused-ring (bicyclic) bond motifs is 1. The van der Waals surface area contributed by atoms with Crippen molar-refractivity contribution in [3.8, 4) is 0 Å². The molecule has 0 saturated heterocycles. The summed E-state index contributed by atoms with van der Waals surface area (Å²) in [5, 5.41) is 15.6. The molecule has 69 valence electrons. The van der Waals surface area contributed by atoms with Gasteiger partial charge in [0, 0.05) is 0 Å². The first-order valence-corrected chi connectivity index (χ1v) is 4.47. The minimum atomic E-state index is 0.524. The van der Waals surface area contributed by atoms with Gasteiger partial charge >= 0.3 is 0 Å². The van der Waals surface area contributed by atoms with Crippen LogP contribution in [0.25, 0.3) is 10.8 Å². The summed E-state index contributed by atoms with van der Waals surface area (Å²) >= 11 is 0. The third kappa shape index (κ3) is 1.46. The lowest BCUT2D eigenvalue weighted by Gasteiger charge is -2.00. The number of hydrogen-bond donors (Lipinski definition) is 0. The highest BCUT2D eigenvalue weighted by atomic mass is 16.4. The standard InChI is InChI=1S/C12H10NO/c1-9(13-14)11-7-6-10-4-2-3-5-12(10)8-11/h2-8H,1H3/b13-9-. The molecule has 0 aliphatic carbocycles. The summed E-state index contributed by atoms with van der Waals surface area (Å²) in [5.74, 6) is 0. The maximum atomic E-state index is 10.4. The summed E-state index contributed by atoms with van der Waals surface area (Å²) in [6.07, 6.45) is 0. The Morgan fingerprint density at radius 3 is 2.50 bits per heavy atom. The quantitative estimate of drug-likeness (QED) is 0.482. The molecule has 0 saturated carbocycles. The van der Waals surface area contributed by atoms with Crippen LogP contribution in [0.4, 0.5) is 0 Å². The van der Waals surface area contributed by atoms with Crippen LogP contribution >= 0.6 is 0 Å². The van der Waals surface area contributed by atoms with Gasteiger partial charge in [0.25, 0.3) is 0 Å². The van der Waals surface area contributed by atoms with Gasteiger partial charge in [-0.2, -0.15) is 0 Å². The van der Waals surface area contributed by atoms with E-state index in [2.05, 4.69) is 5.16 Å². The van der Waals surface area contributed by atoms with Crippen molar-refractivity contribution in [2.45, 2.75) is 6.92 Å². The van der Waals surface area contributed by atoms with Gasteiger partial charge in [-0.25, -0.2) is 0 Å². The Hall–Kier alpha value is -1.83. The highest BCUT2D eigenvalue weighted by Gasteiger charge is 1.99. The van der Waals surface area contributed by atoms with E-state index in [0.717, 1.165) is 10.9 Å². The Kier molecular flexibility index (Phi) is 2.19. The zero-order chi connectivity index (χ0) is 9.97. The van der Waals surface area contributed by atoms with Crippen molar-refractivity contribution in [2.75, 3.05) is 0 Å². The Labute approximate surface area is 82.5 Å². The molecule has 2 heteroatoms. The fourth-order valence-corrected chi connectivity index (χ4v) is 1.47. The van der Waals surface area contributed by atoms with Crippen molar-refractivity contribution in [3.63, 3.8) is 0 Å². The molecule has 0 fully saturated rings. The van der Waals surface area contributed by atoms with E-state index < -0.39 is 0 Å². The van der Waals surface area contributed by atoms with Crippen LogP contribution in [0.2, 0.25) is 0 Å². The minimum absolute atomic E-state index is 0.524. The normalized spacial score (nSPS) is 11.9. The zero-order valence-corrected chi connectivity index (χ0v) is 7.90. The van der Waals surface area contributed by atoms with Crippen LogP contribution in [0.5, 0.6) is 0 Å². The van der Waals surface area contributed by atoms with Crippen LogP contribution in [0, 0.1) is 0 Å². The smallest absolute Gasteiger partial charge is 0.0890 e. The number of nitrogens with zero attached hydrogens (tertiary/aromatic N) is 1. The summed E-state index contributed by atoms with van der Waals surface area (Å²) in [4.78, 5) is 0. The summed E-state index contributed by atoms with van der Waals surface area (Å²) in [6, 6.07) is 13.9. The maximum absolute atomic E-state index is 10.4. The number of rotatable bonds is 1. The van der Waals surface area contributed by atoms with E-state index in [9.17, 15) is 5.21 Å². The molecule has 2 aromatic carbocycles. The molecule has 0 aliphatic heterocycles. The summed E-state index contributed by atoms with van der Waals surface area (Å²) < 4.78 is 0. The van der Waals surface area contributed by atoms with Crippen LogP contribution in [0.1, 0.15) is 12.5 Å². The van der Waals surface area contributed by atoms with Gasteiger partial charge < -0.3 is 0 Å². The molecule has 0 atom stereocenters. The molecule has 0 spiro atoms. The molecule has 2 aromatic rings. The molecule has 0 heterocycles. The van der Waals surface area contributed by atoms with Crippen molar-refractivity contribution < 1.29 is 5.21 Å². The van der Waals surface area contributed by atoms with Gasteiger partial charge in [0.05, 0.1) is 5.71 Å². The molecule has 0 aliphatic rings. The summed E-state index contributed by atoms with van der Waals surface area (Å²) in [5.41, 5.74) is 1.41. The predicted molar refractivity (Wildman–Crippen MR) is 56.8 cm³/mol. The zero-order valence-electron chi connectivity index (χ0n) is 7.90. The molecule has 0 amide bonds. The Bertz CT molecular complexity index is 488. The van der Waals surface area contributed by atoms with Crippen LogP contribution in [-0.2, 0) is 5.21 Å². The molecular formula is C12H10NO. The van der Waals surface area contributed by atoms with Gasteiger partial charge in [-0.05, 0) is 34.5 Å². The Morgan fingerprint density at radius 2 is 1.79 bits per heavy atom. The first kappa shape index (κ1) is 8.75. The summed E-state index contributed by atoms with van der Waals surface area (Å²) in [7, 11) is 0. The van der Waals surface area contributed by atoms with E-state index in [0.29, 0.717) is 5.71 Å². The first-order chi connectivity index (χ1) is 6.81. The van der Waals surface area contributed by atoms with E-state index in [1.54, 1.807) is 6.92 Å². The van der Waals surface area contributed by atoms with Crippen molar-refractivity contribution in [1.29, 1.82) is 0 Å². The van der Waals surface area contributed by atoms with Gasteiger partial charge in [-0.15, -0.1) is 5.21 Å². The van der Waals surface area contributed by atoms with Crippen LogP contribution in [0.3, 0.4) is 0 Å². The lowest BCUT2D eigenvalue weighted by molar-refractivity contribution is 0.209. The average molecular weight is 184 g/mol. The van der Waals surface area contributed by atoms with E-state index >= 15 is 0 Å². The fourth-order valence-electron chi connectivity index (χ4n) is 1.47. The third-order valence-corrected chi connectivity index (χ3v) is 2.30. The van der Waals surface area contributed by atoms with Crippen molar-refractivity contribution in [2.24, 2.45) is 5.16 Å². The molecule has 1 radical (unpaired) electrons. The number of hydrogen-bond acceptors (Lipinski definition) is 1. The minimum Gasteiger partial charge on any atom is -0.145 e. The Balaban J connectivity index is 2.62. The lowest BCUT2D eigenvalue weighted by Crippen LogP contribution is -1.92. The van der Waals surface area contributed by atoms with E-state index in [-0.39, 0.29) is 0 Å². The fraction of sp³-hybridized carbons (Fsp3) is 0.0833. The van der Waals surface area contributed by atoms with Crippen molar-refractivity contribution >= 4 is 16.5 Å². The van der Waals surface area contributed by atoms with Crippen LogP contribution in [0.15, 0.2) is 47.6 Å². The van der Waals surface area contributed by atoms with E-state index in [1.165, 1.54) is 5.39 Å². The SMILES string of the molecule is C/C(=N/[O])c1ccc2ccccc2c1. The highest BCUT2D eigenvalue weighted by Crippen LogP contribution is 2.15. The third-order valence-electron chi connectivity index (χ3n) is 2.30. The summed E-state index contributed by atoms with van der Waals surface area (Å²) in [6.45, 7) is 1.72. The van der Waals surface area contributed by atoms with Crippen molar-refractivity contribution in [1.82, 2.24) is 0 Å². The molecule has 2 rings (SSSR count). The lowest BCUT2D eigenvalue weighted by atomic mass is 10.0. The predicted octanol–water partition coefficient (Wildman–Crippen LogP) is 2.99. The topological polar surface area (TPSA) is 32.3 Å². The molecule has 2 nitrogen and oxygen atoms in total. The monoisotopic (exact) mass is 184 g/mol. The first-order valence-electron chi connectivity index (χ1n) is 4.47. The molecule has 0 aromatic heterocycles. The second-order valence-corrected chi connectivity index (χ2v) is 3.24. The number of benzene rings is 2. The van der Waals surface area contributed by atoms with Gasteiger partial charge in [-0.1, -0.05) is 36.4 Å². The van der Waals surface area contributed by atoms with Crippen LogP contribution < -0.4 is 0 Å². The largest absolute Gasteiger partial charge is 0.145 e. The molecule has 0 unspecified atom stereocenters. The van der Waals surface area contributed by atoms with Gasteiger partial charge in [0.1, 0.15) is 0 Å². The molecule has 14 heavy (non-hydrogen) atoms. The average Bonchev–Trinajstić information content (AvgIpc) is 2.27. The second kappa shape index (κ2) is 3.50. The van der Waals surface area contributed by atoms with Crippen LogP contribution in [-0.4, -0.2) is 5.71 Å².